The largest absolute Gasteiger partial charge is 0.464 e. The number of hydrogen-bond acceptors (Lipinski definition) is 4. The van der Waals surface area contributed by atoms with Crippen molar-refractivity contribution in [3.8, 4) is 6.01 Å². The van der Waals surface area contributed by atoms with Gasteiger partial charge < -0.3 is 10.1 Å². The van der Waals surface area contributed by atoms with E-state index in [1.807, 2.05) is 25.1 Å². The summed E-state index contributed by atoms with van der Waals surface area (Å²) in [5.41, 5.74) is 1.83. The Bertz CT molecular complexity index is 555. The highest BCUT2D eigenvalue weighted by Crippen LogP contribution is 2.09. The molecule has 0 atom stereocenters. The molecule has 2 aromatic rings. The highest BCUT2D eigenvalue weighted by molar-refractivity contribution is 5.90. The van der Waals surface area contributed by atoms with Crippen LogP contribution in [0.15, 0.2) is 42.7 Å². The van der Waals surface area contributed by atoms with Gasteiger partial charge in [-0.05, 0) is 25.3 Å². The summed E-state index contributed by atoms with van der Waals surface area (Å²) in [5.74, 6) is -0.0290. The first-order chi connectivity index (χ1) is 10.3. The van der Waals surface area contributed by atoms with Crippen LogP contribution in [0, 0.1) is 0 Å². The van der Waals surface area contributed by atoms with E-state index in [9.17, 15) is 4.79 Å². The third kappa shape index (κ3) is 5.22. The third-order valence-corrected chi connectivity index (χ3v) is 2.90. The summed E-state index contributed by atoms with van der Waals surface area (Å²) in [6, 6.07) is 10.5. The van der Waals surface area contributed by atoms with Crippen LogP contribution in [0.3, 0.4) is 0 Å². The molecule has 1 heterocycles. The minimum Gasteiger partial charge on any atom is -0.464 e. The van der Waals surface area contributed by atoms with Gasteiger partial charge in [0.1, 0.15) is 0 Å². The molecule has 21 heavy (non-hydrogen) atoms. The molecule has 1 aromatic heterocycles. The Balaban J connectivity index is 1.74. The summed E-state index contributed by atoms with van der Waals surface area (Å²) < 4.78 is 5.14. The molecule has 1 amide bonds. The Morgan fingerprint density at radius 3 is 2.57 bits per heavy atom. The van der Waals surface area contributed by atoms with Gasteiger partial charge in [-0.2, -0.15) is 0 Å². The predicted octanol–water partition coefficient (Wildman–Crippen LogP) is 2.84. The minimum atomic E-state index is -0.0290. The van der Waals surface area contributed by atoms with Crippen molar-refractivity contribution in [1.29, 1.82) is 0 Å². The molecule has 0 unspecified atom stereocenters. The van der Waals surface area contributed by atoms with Crippen molar-refractivity contribution >= 4 is 11.6 Å². The van der Waals surface area contributed by atoms with Crippen LogP contribution in [-0.4, -0.2) is 22.5 Å². The van der Waals surface area contributed by atoms with Crippen LogP contribution in [0.2, 0.25) is 0 Å². The first-order valence-corrected chi connectivity index (χ1v) is 7.06. The van der Waals surface area contributed by atoms with Crippen molar-refractivity contribution in [3.63, 3.8) is 0 Å². The topological polar surface area (TPSA) is 64.1 Å². The lowest BCUT2D eigenvalue weighted by Crippen LogP contribution is -2.12. The molecule has 5 nitrogen and oxygen atoms in total. The maximum absolute atomic E-state index is 11.8. The lowest BCUT2D eigenvalue weighted by Gasteiger charge is -2.05. The van der Waals surface area contributed by atoms with Crippen molar-refractivity contribution in [3.05, 3.63) is 48.3 Å². The third-order valence-electron chi connectivity index (χ3n) is 2.90. The summed E-state index contributed by atoms with van der Waals surface area (Å²) in [4.78, 5) is 19.8. The molecular formula is C16H19N3O2. The fourth-order valence-electron chi connectivity index (χ4n) is 1.91. The van der Waals surface area contributed by atoms with E-state index >= 15 is 0 Å². The van der Waals surface area contributed by atoms with Gasteiger partial charge in [-0.25, -0.2) is 9.97 Å². The Hall–Kier alpha value is -2.43. The Kier molecular flexibility index (Phi) is 5.70. The van der Waals surface area contributed by atoms with Crippen molar-refractivity contribution in [2.75, 3.05) is 11.9 Å². The molecule has 0 aliphatic carbocycles. The lowest BCUT2D eigenvalue weighted by molar-refractivity contribution is -0.116. The average Bonchev–Trinajstić information content (AvgIpc) is 2.51. The first-order valence-electron chi connectivity index (χ1n) is 7.06. The zero-order chi connectivity index (χ0) is 14.9. The number of anilines is 1. The highest BCUT2D eigenvalue weighted by atomic mass is 16.5. The molecule has 0 saturated carbocycles. The molecular weight excluding hydrogens is 266 g/mol. The molecule has 0 aliphatic rings. The van der Waals surface area contributed by atoms with Crippen LogP contribution in [0.1, 0.15) is 25.3 Å². The van der Waals surface area contributed by atoms with Crippen LogP contribution in [0.4, 0.5) is 5.69 Å². The Morgan fingerprint density at radius 1 is 1.19 bits per heavy atom. The number of benzene rings is 1. The molecule has 2 rings (SSSR count). The van der Waals surface area contributed by atoms with E-state index in [-0.39, 0.29) is 5.91 Å². The molecule has 0 radical (unpaired) electrons. The van der Waals surface area contributed by atoms with Crippen molar-refractivity contribution in [2.24, 2.45) is 0 Å². The molecule has 0 bridgehead atoms. The van der Waals surface area contributed by atoms with Gasteiger partial charge in [-0.15, -0.1) is 0 Å². The van der Waals surface area contributed by atoms with Gasteiger partial charge in [-0.1, -0.05) is 30.3 Å². The van der Waals surface area contributed by atoms with Crippen LogP contribution in [-0.2, 0) is 11.2 Å². The highest BCUT2D eigenvalue weighted by Gasteiger charge is 2.04. The zero-order valence-corrected chi connectivity index (χ0v) is 12.1. The number of nitrogens with zero attached hydrogens (tertiary/aromatic N) is 2. The summed E-state index contributed by atoms with van der Waals surface area (Å²) in [5, 5.41) is 2.78. The van der Waals surface area contributed by atoms with E-state index in [0.29, 0.717) is 24.7 Å². The first kappa shape index (κ1) is 15.0. The number of nitrogens with one attached hydrogen (secondary N) is 1. The van der Waals surface area contributed by atoms with Crippen molar-refractivity contribution < 1.29 is 9.53 Å². The van der Waals surface area contributed by atoms with Crippen LogP contribution in [0.5, 0.6) is 6.01 Å². The molecule has 0 aliphatic heterocycles. The number of rotatable bonds is 7. The summed E-state index contributed by atoms with van der Waals surface area (Å²) in [6.07, 6.45) is 5.28. The zero-order valence-electron chi connectivity index (χ0n) is 12.1. The fourth-order valence-corrected chi connectivity index (χ4v) is 1.91. The van der Waals surface area contributed by atoms with E-state index in [0.717, 1.165) is 12.8 Å². The smallest absolute Gasteiger partial charge is 0.316 e. The van der Waals surface area contributed by atoms with Gasteiger partial charge in [-0.3, -0.25) is 4.79 Å². The van der Waals surface area contributed by atoms with E-state index in [4.69, 9.17) is 4.74 Å². The van der Waals surface area contributed by atoms with Gasteiger partial charge in [0, 0.05) is 6.42 Å². The number of carbonyl (C=O) groups excluding carboxylic acids is 1. The van der Waals surface area contributed by atoms with Gasteiger partial charge >= 0.3 is 6.01 Å². The van der Waals surface area contributed by atoms with Crippen LogP contribution >= 0.6 is 0 Å². The Morgan fingerprint density at radius 2 is 1.90 bits per heavy atom. The molecule has 5 heteroatoms. The van der Waals surface area contributed by atoms with Crippen LogP contribution < -0.4 is 10.1 Å². The number of aryl methyl sites for hydroxylation is 1. The number of aromatic nitrogens is 2. The average molecular weight is 285 g/mol. The van der Waals surface area contributed by atoms with E-state index in [2.05, 4.69) is 27.4 Å². The second-order valence-corrected chi connectivity index (χ2v) is 4.57. The molecule has 1 aromatic carbocycles. The van der Waals surface area contributed by atoms with E-state index < -0.39 is 0 Å². The Labute approximate surface area is 124 Å². The summed E-state index contributed by atoms with van der Waals surface area (Å²) in [6.45, 7) is 2.39. The fraction of sp³-hybridized carbons (Fsp3) is 0.312. The van der Waals surface area contributed by atoms with Crippen LogP contribution in [0.25, 0.3) is 0 Å². The second-order valence-electron chi connectivity index (χ2n) is 4.57. The standard InChI is InChI=1S/C16H19N3O2/c1-2-21-16-17-11-14(12-18-16)19-15(20)10-6-9-13-7-4-3-5-8-13/h3-5,7-8,11-12H,2,6,9-10H2,1H3,(H,19,20). The molecule has 0 fully saturated rings. The predicted molar refractivity (Wildman–Crippen MR) is 81.2 cm³/mol. The SMILES string of the molecule is CCOc1ncc(NC(=O)CCCc2ccccc2)cn1. The van der Waals surface area contributed by atoms with E-state index in [1.165, 1.54) is 5.56 Å². The number of hydrogen-bond donors (Lipinski definition) is 1. The normalized spacial score (nSPS) is 10.1. The number of ether oxygens (including phenoxy) is 1. The molecule has 1 N–H and O–H groups in total. The van der Waals surface area contributed by atoms with Gasteiger partial charge in [0.2, 0.25) is 5.91 Å². The molecule has 0 spiro atoms. The van der Waals surface area contributed by atoms with Gasteiger partial charge in [0.25, 0.3) is 0 Å². The minimum absolute atomic E-state index is 0.0290. The quantitative estimate of drug-likeness (QED) is 0.849. The second kappa shape index (κ2) is 7.99. The molecule has 0 saturated heterocycles. The van der Waals surface area contributed by atoms with Gasteiger partial charge in [0.15, 0.2) is 0 Å². The monoisotopic (exact) mass is 285 g/mol. The number of carbonyl (C=O) groups is 1. The van der Waals surface area contributed by atoms with E-state index in [1.54, 1.807) is 12.4 Å². The molecule has 110 valence electrons. The summed E-state index contributed by atoms with van der Waals surface area (Å²) in [7, 11) is 0. The van der Waals surface area contributed by atoms with Crippen molar-refractivity contribution in [1.82, 2.24) is 9.97 Å². The van der Waals surface area contributed by atoms with Crippen molar-refractivity contribution in [2.45, 2.75) is 26.2 Å². The number of amides is 1. The maximum Gasteiger partial charge on any atom is 0.316 e. The lowest BCUT2D eigenvalue weighted by atomic mass is 10.1. The summed E-state index contributed by atoms with van der Waals surface area (Å²) >= 11 is 0. The maximum atomic E-state index is 11.8. The van der Waals surface area contributed by atoms with Gasteiger partial charge in [0.05, 0.1) is 24.7 Å².